The summed E-state index contributed by atoms with van der Waals surface area (Å²) in [6.07, 6.45) is 3.98. The van der Waals surface area contributed by atoms with Crippen LogP contribution in [0.5, 0.6) is 0 Å². The molecule has 2 rings (SSSR count). The summed E-state index contributed by atoms with van der Waals surface area (Å²) in [6, 6.07) is 0. The summed E-state index contributed by atoms with van der Waals surface area (Å²) < 4.78 is 2.05. The van der Waals surface area contributed by atoms with Gasteiger partial charge in [-0.25, -0.2) is 0 Å². The molecule has 1 aromatic rings. The molecule has 0 N–H and O–H groups in total. The van der Waals surface area contributed by atoms with Crippen molar-refractivity contribution in [3.05, 3.63) is 11.3 Å². The lowest BCUT2D eigenvalue weighted by atomic mass is 9.95. The Bertz CT molecular complexity index is 386. The molecule has 17 heavy (non-hydrogen) atoms. The van der Waals surface area contributed by atoms with E-state index in [1.54, 1.807) is 0 Å². The van der Waals surface area contributed by atoms with Gasteiger partial charge in [-0.2, -0.15) is 5.10 Å². The Balaban J connectivity index is 2.26. The third kappa shape index (κ3) is 2.51. The minimum Gasteiger partial charge on any atom is -0.356 e. The maximum Gasteiger partial charge on any atom is 0.130 e. The number of piperidine rings is 1. The fraction of sp³-hybridized carbons (Fsp3) is 0.769. The van der Waals surface area contributed by atoms with Gasteiger partial charge in [-0.3, -0.25) is 4.68 Å². The Morgan fingerprint density at radius 2 is 2.24 bits per heavy atom. The molecule has 1 aromatic heterocycles. The smallest absolute Gasteiger partial charge is 0.130 e. The van der Waals surface area contributed by atoms with Crippen LogP contribution < -0.4 is 4.90 Å². The lowest BCUT2D eigenvalue weighted by molar-refractivity contribution is 0.400. The normalized spacial score (nSPS) is 20.9. The summed E-state index contributed by atoms with van der Waals surface area (Å²) in [5.74, 6) is 2.17. The van der Waals surface area contributed by atoms with Gasteiger partial charge in [-0.15, -0.1) is 0 Å². The summed E-state index contributed by atoms with van der Waals surface area (Å²) in [4.78, 5) is 2.52. The third-order valence-electron chi connectivity index (χ3n) is 3.84. The number of hydrogen-bond acceptors (Lipinski definition) is 2. The van der Waals surface area contributed by atoms with Crippen LogP contribution in [0.15, 0.2) is 0 Å². The van der Waals surface area contributed by atoms with Crippen LogP contribution in [0.4, 0.5) is 5.82 Å². The first kappa shape index (κ1) is 12.9. The third-order valence-corrected chi connectivity index (χ3v) is 4.40. The standard InChI is InChI=1S/C13H22BrN3/c1-4-11-6-5-7-17(9-11)13-12(8-14)10(2)15-16(13)3/h11H,4-9H2,1-3H3. The molecule has 2 heterocycles. The number of rotatable bonds is 3. The van der Waals surface area contributed by atoms with Crippen LogP contribution in [0.25, 0.3) is 0 Å². The van der Waals surface area contributed by atoms with E-state index >= 15 is 0 Å². The second kappa shape index (κ2) is 5.42. The SMILES string of the molecule is CCC1CCCN(c2c(CBr)c(C)nn2C)C1. The highest BCUT2D eigenvalue weighted by Crippen LogP contribution is 2.30. The van der Waals surface area contributed by atoms with Crippen molar-refractivity contribution in [3.8, 4) is 0 Å². The van der Waals surface area contributed by atoms with Crippen molar-refractivity contribution in [1.29, 1.82) is 0 Å². The van der Waals surface area contributed by atoms with Gasteiger partial charge in [0.1, 0.15) is 5.82 Å². The van der Waals surface area contributed by atoms with Gasteiger partial charge in [-0.05, 0) is 25.7 Å². The van der Waals surface area contributed by atoms with Crippen LogP contribution in [0.2, 0.25) is 0 Å². The zero-order valence-corrected chi connectivity index (χ0v) is 12.6. The molecular formula is C13H22BrN3. The Morgan fingerprint density at radius 3 is 2.88 bits per heavy atom. The molecular weight excluding hydrogens is 278 g/mol. The molecule has 1 aliphatic heterocycles. The Morgan fingerprint density at radius 1 is 1.47 bits per heavy atom. The van der Waals surface area contributed by atoms with Crippen LogP contribution in [0.1, 0.15) is 37.4 Å². The summed E-state index contributed by atoms with van der Waals surface area (Å²) >= 11 is 3.59. The molecule has 0 amide bonds. The quantitative estimate of drug-likeness (QED) is 0.799. The van der Waals surface area contributed by atoms with E-state index in [1.165, 1.54) is 43.7 Å². The van der Waals surface area contributed by atoms with Crippen molar-refractivity contribution in [2.75, 3.05) is 18.0 Å². The van der Waals surface area contributed by atoms with Crippen LogP contribution in [0, 0.1) is 12.8 Å². The van der Waals surface area contributed by atoms with Gasteiger partial charge in [0, 0.05) is 31.0 Å². The van der Waals surface area contributed by atoms with Crippen LogP contribution in [0.3, 0.4) is 0 Å². The minimum atomic E-state index is 0.849. The Hall–Kier alpha value is -0.510. The van der Waals surface area contributed by atoms with E-state index in [2.05, 4.69) is 46.8 Å². The number of halogens is 1. The number of anilines is 1. The van der Waals surface area contributed by atoms with Crippen LogP contribution in [-0.2, 0) is 12.4 Å². The van der Waals surface area contributed by atoms with Gasteiger partial charge in [0.15, 0.2) is 0 Å². The molecule has 0 spiro atoms. The zero-order chi connectivity index (χ0) is 12.4. The number of aryl methyl sites for hydroxylation is 2. The Labute approximate surface area is 112 Å². The second-order valence-corrected chi connectivity index (χ2v) is 5.57. The number of hydrogen-bond donors (Lipinski definition) is 0. The molecule has 1 atom stereocenters. The van der Waals surface area contributed by atoms with E-state index in [-0.39, 0.29) is 0 Å². The van der Waals surface area contributed by atoms with E-state index < -0.39 is 0 Å². The van der Waals surface area contributed by atoms with E-state index in [0.29, 0.717) is 0 Å². The van der Waals surface area contributed by atoms with Gasteiger partial charge in [-0.1, -0.05) is 29.3 Å². The van der Waals surface area contributed by atoms with E-state index in [9.17, 15) is 0 Å². The highest BCUT2D eigenvalue weighted by molar-refractivity contribution is 9.08. The maximum absolute atomic E-state index is 4.55. The molecule has 0 saturated carbocycles. The molecule has 1 fully saturated rings. The van der Waals surface area contributed by atoms with Crippen molar-refractivity contribution >= 4 is 21.7 Å². The van der Waals surface area contributed by atoms with Gasteiger partial charge in [0.2, 0.25) is 0 Å². The molecule has 96 valence electrons. The topological polar surface area (TPSA) is 21.1 Å². The predicted molar refractivity (Wildman–Crippen MR) is 75.8 cm³/mol. The van der Waals surface area contributed by atoms with Gasteiger partial charge in [0.05, 0.1) is 5.69 Å². The molecule has 1 unspecified atom stereocenters. The van der Waals surface area contributed by atoms with Gasteiger partial charge < -0.3 is 4.90 Å². The molecule has 0 bridgehead atoms. The maximum atomic E-state index is 4.55. The molecule has 1 saturated heterocycles. The summed E-state index contributed by atoms with van der Waals surface area (Å²) in [5.41, 5.74) is 2.50. The number of alkyl halides is 1. The summed E-state index contributed by atoms with van der Waals surface area (Å²) in [5, 5.41) is 5.45. The van der Waals surface area contributed by atoms with Crippen molar-refractivity contribution in [3.63, 3.8) is 0 Å². The monoisotopic (exact) mass is 299 g/mol. The fourth-order valence-electron chi connectivity index (χ4n) is 2.83. The summed E-state index contributed by atoms with van der Waals surface area (Å²) in [6.45, 7) is 6.76. The van der Waals surface area contributed by atoms with Crippen molar-refractivity contribution in [2.24, 2.45) is 13.0 Å². The Kier molecular flexibility index (Phi) is 4.13. The minimum absolute atomic E-state index is 0.849. The van der Waals surface area contributed by atoms with Gasteiger partial charge >= 0.3 is 0 Å². The highest BCUT2D eigenvalue weighted by atomic mass is 79.9. The molecule has 1 aliphatic rings. The lowest BCUT2D eigenvalue weighted by Crippen LogP contribution is -2.36. The largest absolute Gasteiger partial charge is 0.356 e. The first-order valence-electron chi connectivity index (χ1n) is 6.50. The van der Waals surface area contributed by atoms with Crippen molar-refractivity contribution < 1.29 is 0 Å². The van der Waals surface area contributed by atoms with E-state index in [1.807, 2.05) is 4.68 Å². The summed E-state index contributed by atoms with van der Waals surface area (Å²) in [7, 11) is 2.06. The molecule has 4 heteroatoms. The predicted octanol–water partition coefficient (Wildman–Crippen LogP) is 3.25. The van der Waals surface area contributed by atoms with Gasteiger partial charge in [0.25, 0.3) is 0 Å². The van der Waals surface area contributed by atoms with Crippen LogP contribution in [-0.4, -0.2) is 22.9 Å². The number of nitrogens with zero attached hydrogens (tertiary/aromatic N) is 3. The second-order valence-electron chi connectivity index (χ2n) is 5.01. The molecule has 0 radical (unpaired) electrons. The first-order chi connectivity index (χ1) is 8.17. The molecule has 0 aliphatic carbocycles. The average Bonchev–Trinajstić information content (AvgIpc) is 2.63. The highest BCUT2D eigenvalue weighted by Gasteiger charge is 2.24. The molecule has 3 nitrogen and oxygen atoms in total. The molecule has 0 aromatic carbocycles. The zero-order valence-electron chi connectivity index (χ0n) is 11.0. The van der Waals surface area contributed by atoms with Crippen molar-refractivity contribution in [2.45, 2.75) is 38.4 Å². The van der Waals surface area contributed by atoms with E-state index in [4.69, 9.17) is 0 Å². The van der Waals surface area contributed by atoms with Crippen LogP contribution >= 0.6 is 15.9 Å². The lowest BCUT2D eigenvalue weighted by Gasteiger charge is -2.34. The average molecular weight is 300 g/mol. The fourth-order valence-corrected chi connectivity index (χ4v) is 3.49. The van der Waals surface area contributed by atoms with Crippen molar-refractivity contribution in [1.82, 2.24) is 9.78 Å². The number of aromatic nitrogens is 2. The van der Waals surface area contributed by atoms with E-state index in [0.717, 1.165) is 16.9 Å². The first-order valence-corrected chi connectivity index (χ1v) is 7.62.